The van der Waals surface area contributed by atoms with Crippen molar-refractivity contribution in [2.24, 2.45) is 5.84 Å². The summed E-state index contributed by atoms with van der Waals surface area (Å²) in [5, 5.41) is 0. The molecule has 5 heteroatoms. The molecule has 0 bridgehead atoms. The van der Waals surface area contributed by atoms with Crippen LogP contribution in [0.3, 0.4) is 0 Å². The van der Waals surface area contributed by atoms with Crippen LogP contribution < -0.4 is 16.0 Å². The smallest absolute Gasteiger partial charge is 0.142 e. The molecule has 0 aromatic carbocycles. The predicted molar refractivity (Wildman–Crippen MR) is 59.2 cm³/mol. The van der Waals surface area contributed by atoms with Gasteiger partial charge in [0, 0.05) is 11.9 Å². The molecule has 1 atom stereocenters. The zero-order valence-corrected chi connectivity index (χ0v) is 9.17. The number of nitrogens with two attached hydrogens (primary N) is 1. The van der Waals surface area contributed by atoms with Crippen molar-refractivity contribution in [3.05, 3.63) is 24.0 Å². The number of rotatable bonds is 5. The van der Waals surface area contributed by atoms with E-state index in [2.05, 4.69) is 10.4 Å². The van der Waals surface area contributed by atoms with Gasteiger partial charge < -0.3 is 4.74 Å². The van der Waals surface area contributed by atoms with Gasteiger partial charge in [-0.15, -0.1) is 0 Å². The summed E-state index contributed by atoms with van der Waals surface area (Å²) in [4.78, 5) is 4.26. The van der Waals surface area contributed by atoms with Gasteiger partial charge in [0.2, 0.25) is 0 Å². The quantitative estimate of drug-likeness (QED) is 0.563. The van der Waals surface area contributed by atoms with Gasteiger partial charge in [-0.2, -0.15) is 11.8 Å². The van der Waals surface area contributed by atoms with Gasteiger partial charge in [0.15, 0.2) is 0 Å². The summed E-state index contributed by atoms with van der Waals surface area (Å²) in [7, 11) is 1.63. The number of aromatic nitrogens is 1. The second kappa shape index (κ2) is 5.85. The fraction of sp³-hybridized carbons (Fsp3) is 0.444. The number of thioether (sulfide) groups is 1. The predicted octanol–water partition coefficient (Wildman–Crippen LogP) is 0.958. The van der Waals surface area contributed by atoms with Crippen LogP contribution in [0.2, 0.25) is 0 Å². The molecule has 1 rings (SSSR count). The Morgan fingerprint density at radius 1 is 1.71 bits per heavy atom. The lowest BCUT2D eigenvalue weighted by molar-refractivity contribution is 0.398. The van der Waals surface area contributed by atoms with E-state index >= 15 is 0 Å². The Kier molecular flexibility index (Phi) is 4.72. The summed E-state index contributed by atoms with van der Waals surface area (Å²) in [5.41, 5.74) is 3.58. The Morgan fingerprint density at radius 3 is 3.07 bits per heavy atom. The number of ether oxygens (including phenoxy) is 1. The molecule has 0 fully saturated rings. The van der Waals surface area contributed by atoms with Crippen molar-refractivity contribution < 1.29 is 4.74 Å². The Hall–Kier alpha value is -0.780. The number of hydrazine groups is 1. The molecule has 14 heavy (non-hydrogen) atoms. The molecular weight excluding hydrogens is 198 g/mol. The third-order valence-electron chi connectivity index (χ3n) is 1.88. The Bertz CT molecular complexity index is 283. The van der Waals surface area contributed by atoms with E-state index in [0.29, 0.717) is 0 Å². The standard InChI is InChI=1S/C9H15N3OS/c1-13-8-4-3-5-11-9(8)7(12-10)6-14-2/h3-5,7,12H,6,10H2,1-2H3. The van der Waals surface area contributed by atoms with Crippen LogP contribution in [0.1, 0.15) is 11.7 Å². The lowest BCUT2D eigenvalue weighted by atomic mass is 10.2. The molecule has 4 nitrogen and oxygen atoms in total. The van der Waals surface area contributed by atoms with Crippen LogP contribution in [-0.4, -0.2) is 24.1 Å². The van der Waals surface area contributed by atoms with Crippen molar-refractivity contribution in [1.29, 1.82) is 0 Å². The van der Waals surface area contributed by atoms with Gasteiger partial charge in [0.05, 0.1) is 13.2 Å². The molecule has 1 aromatic rings. The van der Waals surface area contributed by atoms with Crippen molar-refractivity contribution in [2.45, 2.75) is 6.04 Å². The van der Waals surface area contributed by atoms with Crippen LogP contribution in [0.5, 0.6) is 5.75 Å². The molecular formula is C9H15N3OS. The number of hydrogen-bond acceptors (Lipinski definition) is 5. The summed E-state index contributed by atoms with van der Waals surface area (Å²) >= 11 is 1.71. The lowest BCUT2D eigenvalue weighted by Gasteiger charge is -2.16. The highest BCUT2D eigenvalue weighted by molar-refractivity contribution is 7.98. The van der Waals surface area contributed by atoms with E-state index in [1.54, 1.807) is 25.1 Å². The van der Waals surface area contributed by atoms with E-state index < -0.39 is 0 Å². The Balaban J connectivity index is 2.90. The van der Waals surface area contributed by atoms with E-state index in [9.17, 15) is 0 Å². The van der Waals surface area contributed by atoms with Gasteiger partial charge in [0.25, 0.3) is 0 Å². The van der Waals surface area contributed by atoms with Crippen LogP contribution >= 0.6 is 11.8 Å². The van der Waals surface area contributed by atoms with E-state index in [4.69, 9.17) is 10.6 Å². The first kappa shape index (κ1) is 11.3. The lowest BCUT2D eigenvalue weighted by Crippen LogP contribution is -2.30. The van der Waals surface area contributed by atoms with Gasteiger partial charge >= 0.3 is 0 Å². The van der Waals surface area contributed by atoms with Crippen molar-refractivity contribution >= 4 is 11.8 Å². The summed E-state index contributed by atoms with van der Waals surface area (Å²) < 4.78 is 5.21. The highest BCUT2D eigenvalue weighted by atomic mass is 32.2. The van der Waals surface area contributed by atoms with Gasteiger partial charge in [-0.1, -0.05) is 0 Å². The van der Waals surface area contributed by atoms with Crippen LogP contribution in [-0.2, 0) is 0 Å². The minimum Gasteiger partial charge on any atom is -0.495 e. The highest BCUT2D eigenvalue weighted by Gasteiger charge is 2.14. The van der Waals surface area contributed by atoms with Crippen molar-refractivity contribution in [3.63, 3.8) is 0 Å². The summed E-state index contributed by atoms with van der Waals surface area (Å²) in [6, 6.07) is 3.75. The number of hydrogen-bond donors (Lipinski definition) is 2. The van der Waals surface area contributed by atoms with Gasteiger partial charge in [-0.05, 0) is 18.4 Å². The first-order chi connectivity index (χ1) is 6.83. The SMILES string of the molecule is COc1cccnc1C(CSC)NN. The summed E-state index contributed by atoms with van der Waals surface area (Å²) in [5.74, 6) is 7.09. The molecule has 0 aliphatic rings. The molecule has 1 unspecified atom stereocenters. The maximum absolute atomic E-state index is 5.46. The molecule has 78 valence electrons. The molecule has 1 heterocycles. The van der Waals surface area contributed by atoms with Crippen LogP contribution in [0.4, 0.5) is 0 Å². The molecule has 0 aliphatic heterocycles. The van der Waals surface area contributed by atoms with E-state index in [-0.39, 0.29) is 6.04 Å². The largest absolute Gasteiger partial charge is 0.495 e. The molecule has 1 aromatic heterocycles. The fourth-order valence-electron chi connectivity index (χ4n) is 1.21. The van der Waals surface area contributed by atoms with E-state index in [0.717, 1.165) is 17.2 Å². The summed E-state index contributed by atoms with van der Waals surface area (Å²) in [6.45, 7) is 0. The van der Waals surface area contributed by atoms with Crippen LogP contribution in [0.25, 0.3) is 0 Å². The molecule has 0 amide bonds. The first-order valence-corrected chi connectivity index (χ1v) is 5.66. The van der Waals surface area contributed by atoms with E-state index in [1.807, 2.05) is 18.4 Å². The highest BCUT2D eigenvalue weighted by Crippen LogP contribution is 2.23. The number of nitrogens with one attached hydrogen (secondary N) is 1. The third kappa shape index (κ3) is 2.60. The fourth-order valence-corrected chi connectivity index (χ4v) is 1.80. The average Bonchev–Trinajstić information content (AvgIpc) is 2.26. The summed E-state index contributed by atoms with van der Waals surface area (Å²) in [6.07, 6.45) is 3.77. The van der Waals surface area contributed by atoms with Crippen molar-refractivity contribution in [2.75, 3.05) is 19.1 Å². The minimum absolute atomic E-state index is 0.0288. The van der Waals surface area contributed by atoms with Gasteiger partial charge in [0.1, 0.15) is 11.4 Å². The van der Waals surface area contributed by atoms with Crippen LogP contribution in [0, 0.1) is 0 Å². The van der Waals surface area contributed by atoms with E-state index in [1.165, 1.54) is 0 Å². The Labute approximate surface area is 88.2 Å². The maximum Gasteiger partial charge on any atom is 0.142 e. The number of nitrogens with zero attached hydrogens (tertiary/aromatic N) is 1. The average molecular weight is 213 g/mol. The normalized spacial score (nSPS) is 12.5. The monoisotopic (exact) mass is 213 g/mol. The molecule has 0 saturated heterocycles. The zero-order chi connectivity index (χ0) is 10.4. The second-order valence-corrected chi connectivity index (χ2v) is 3.68. The molecule has 0 aliphatic carbocycles. The van der Waals surface area contributed by atoms with Crippen molar-refractivity contribution in [3.8, 4) is 5.75 Å². The molecule has 3 N–H and O–H groups in total. The van der Waals surface area contributed by atoms with Gasteiger partial charge in [-0.3, -0.25) is 16.3 Å². The van der Waals surface area contributed by atoms with Crippen LogP contribution in [0.15, 0.2) is 18.3 Å². The maximum atomic E-state index is 5.46. The zero-order valence-electron chi connectivity index (χ0n) is 8.36. The number of methoxy groups -OCH3 is 1. The first-order valence-electron chi connectivity index (χ1n) is 4.27. The second-order valence-electron chi connectivity index (χ2n) is 2.77. The third-order valence-corrected chi connectivity index (χ3v) is 2.55. The molecule has 0 spiro atoms. The Morgan fingerprint density at radius 2 is 2.50 bits per heavy atom. The molecule has 0 radical (unpaired) electrons. The minimum atomic E-state index is 0.0288. The van der Waals surface area contributed by atoms with Crippen molar-refractivity contribution in [1.82, 2.24) is 10.4 Å². The molecule has 0 saturated carbocycles. The number of pyridine rings is 1. The topological polar surface area (TPSA) is 60.2 Å². The van der Waals surface area contributed by atoms with Gasteiger partial charge in [-0.25, -0.2) is 0 Å².